The lowest BCUT2D eigenvalue weighted by atomic mass is 9.88. The molecule has 0 spiro atoms. The highest BCUT2D eigenvalue weighted by atomic mass is 32.1. The zero-order valence-electron chi connectivity index (χ0n) is 17.0. The topological polar surface area (TPSA) is 64.1 Å². The van der Waals surface area contributed by atoms with Gasteiger partial charge in [0.2, 0.25) is 0 Å². The minimum atomic E-state index is -0.0669. The minimum absolute atomic E-state index is 0.0542. The van der Waals surface area contributed by atoms with E-state index in [-0.39, 0.29) is 17.8 Å². The maximum absolute atomic E-state index is 12.9. The van der Waals surface area contributed by atoms with Crippen molar-refractivity contribution in [2.24, 2.45) is 11.8 Å². The quantitative estimate of drug-likeness (QED) is 0.400. The molecule has 1 saturated carbocycles. The summed E-state index contributed by atoms with van der Waals surface area (Å²) in [6, 6.07) is 13.8. The molecule has 1 fully saturated rings. The van der Waals surface area contributed by atoms with Crippen LogP contribution in [0.2, 0.25) is 0 Å². The third-order valence-corrected chi connectivity index (χ3v) is 6.46. The molecule has 2 atom stereocenters. The molecule has 6 heteroatoms. The lowest BCUT2D eigenvalue weighted by molar-refractivity contribution is -0.152. The summed E-state index contributed by atoms with van der Waals surface area (Å²) in [7, 11) is 0. The van der Waals surface area contributed by atoms with Crippen LogP contribution in [0.1, 0.15) is 37.7 Å². The van der Waals surface area contributed by atoms with E-state index in [1.165, 1.54) is 6.42 Å². The number of hydrogen-bond donors (Lipinski definition) is 1. The first-order valence-corrected chi connectivity index (χ1v) is 11.5. The van der Waals surface area contributed by atoms with Crippen LogP contribution in [-0.2, 0) is 16.1 Å². The Bertz CT molecular complexity index is 930. The lowest BCUT2D eigenvalue weighted by Gasteiger charge is -2.24. The Morgan fingerprint density at radius 2 is 1.97 bits per heavy atom. The number of nitrogens with one attached hydrogen (secondary N) is 1. The van der Waals surface area contributed by atoms with Crippen LogP contribution >= 0.6 is 11.3 Å². The molecule has 5 nitrogen and oxygen atoms in total. The van der Waals surface area contributed by atoms with Gasteiger partial charge in [-0.1, -0.05) is 49.6 Å². The van der Waals surface area contributed by atoms with Crippen LogP contribution in [0.15, 0.2) is 60.2 Å². The Balaban J connectivity index is 1.36. The van der Waals surface area contributed by atoms with Crippen molar-refractivity contribution >= 4 is 22.4 Å². The van der Waals surface area contributed by atoms with Crippen molar-refractivity contribution in [1.82, 2.24) is 9.97 Å². The first-order chi connectivity index (χ1) is 14.8. The van der Waals surface area contributed by atoms with Gasteiger partial charge in [0.1, 0.15) is 6.61 Å². The predicted octanol–water partition coefficient (Wildman–Crippen LogP) is 5.56. The van der Waals surface area contributed by atoms with Crippen molar-refractivity contribution in [3.8, 4) is 11.3 Å². The van der Waals surface area contributed by atoms with E-state index in [0.29, 0.717) is 6.61 Å². The SMILES string of the molecule is O=C(OCc1ccccc1)C1CCCCC[C@H]1CNc1nc(-c2cccnc2)cs1. The number of carbonyl (C=O) groups excluding carboxylic acids is 1. The second-order valence-electron chi connectivity index (χ2n) is 7.76. The van der Waals surface area contributed by atoms with Crippen LogP contribution in [0.3, 0.4) is 0 Å². The van der Waals surface area contributed by atoms with Crippen LogP contribution in [0.5, 0.6) is 0 Å². The van der Waals surface area contributed by atoms with Gasteiger partial charge in [-0.2, -0.15) is 0 Å². The average Bonchev–Trinajstić information content (AvgIpc) is 3.15. The van der Waals surface area contributed by atoms with Crippen LogP contribution in [0.4, 0.5) is 5.13 Å². The van der Waals surface area contributed by atoms with E-state index in [9.17, 15) is 4.79 Å². The number of rotatable bonds is 7. The monoisotopic (exact) mass is 421 g/mol. The number of pyridine rings is 1. The predicted molar refractivity (Wildman–Crippen MR) is 120 cm³/mol. The summed E-state index contributed by atoms with van der Waals surface area (Å²) in [5.74, 6) is 0.144. The number of thiazole rings is 1. The van der Waals surface area contributed by atoms with E-state index in [2.05, 4.69) is 15.3 Å². The number of benzene rings is 1. The minimum Gasteiger partial charge on any atom is -0.461 e. The molecule has 3 aromatic rings. The Kier molecular flexibility index (Phi) is 7.08. The van der Waals surface area contributed by atoms with Gasteiger partial charge < -0.3 is 10.1 Å². The molecule has 0 aliphatic heterocycles. The molecule has 0 bridgehead atoms. The molecule has 1 aliphatic rings. The maximum Gasteiger partial charge on any atom is 0.309 e. The summed E-state index contributed by atoms with van der Waals surface area (Å²) in [5, 5.41) is 6.39. The van der Waals surface area contributed by atoms with Gasteiger partial charge in [0.05, 0.1) is 11.6 Å². The smallest absolute Gasteiger partial charge is 0.309 e. The molecular weight excluding hydrogens is 394 g/mol. The van der Waals surface area contributed by atoms with Crippen LogP contribution < -0.4 is 5.32 Å². The molecule has 4 rings (SSSR count). The van der Waals surface area contributed by atoms with Gasteiger partial charge in [0.15, 0.2) is 5.13 Å². The summed E-state index contributed by atoms with van der Waals surface area (Å²) in [6.45, 7) is 1.09. The van der Waals surface area contributed by atoms with Crippen molar-refractivity contribution in [2.45, 2.75) is 38.7 Å². The van der Waals surface area contributed by atoms with E-state index in [4.69, 9.17) is 4.74 Å². The molecular formula is C24H27N3O2S. The first-order valence-electron chi connectivity index (χ1n) is 10.6. The van der Waals surface area contributed by atoms with Crippen molar-refractivity contribution in [3.63, 3.8) is 0 Å². The second kappa shape index (κ2) is 10.3. The third-order valence-electron chi connectivity index (χ3n) is 5.66. The zero-order valence-corrected chi connectivity index (χ0v) is 17.8. The molecule has 0 radical (unpaired) electrons. The van der Waals surface area contributed by atoms with E-state index in [1.54, 1.807) is 17.5 Å². The van der Waals surface area contributed by atoms with Gasteiger partial charge in [0, 0.05) is 29.9 Å². The van der Waals surface area contributed by atoms with Gasteiger partial charge in [-0.15, -0.1) is 11.3 Å². The van der Waals surface area contributed by atoms with E-state index >= 15 is 0 Å². The molecule has 2 heterocycles. The summed E-state index contributed by atoms with van der Waals surface area (Å²) >= 11 is 1.59. The Morgan fingerprint density at radius 1 is 1.10 bits per heavy atom. The Morgan fingerprint density at radius 3 is 2.80 bits per heavy atom. The fourth-order valence-electron chi connectivity index (χ4n) is 3.99. The Hall–Kier alpha value is -2.73. The average molecular weight is 422 g/mol. The molecule has 1 N–H and O–H groups in total. The number of nitrogens with zero attached hydrogens (tertiary/aromatic N) is 2. The van der Waals surface area contributed by atoms with Crippen molar-refractivity contribution in [2.75, 3.05) is 11.9 Å². The van der Waals surface area contributed by atoms with Crippen molar-refractivity contribution in [1.29, 1.82) is 0 Å². The van der Waals surface area contributed by atoms with E-state index in [0.717, 1.165) is 54.2 Å². The summed E-state index contributed by atoms with van der Waals surface area (Å²) in [6.07, 6.45) is 8.96. The normalized spacial score (nSPS) is 19.1. The molecule has 156 valence electrons. The summed E-state index contributed by atoms with van der Waals surface area (Å²) < 4.78 is 5.68. The highest BCUT2D eigenvalue weighted by Gasteiger charge is 2.31. The van der Waals surface area contributed by atoms with Gasteiger partial charge in [-0.25, -0.2) is 4.98 Å². The number of carbonyl (C=O) groups is 1. The third kappa shape index (κ3) is 5.45. The van der Waals surface area contributed by atoms with Gasteiger partial charge >= 0.3 is 5.97 Å². The number of aromatic nitrogens is 2. The standard InChI is InChI=1S/C24H27N3O2S/c28-23(29-16-18-8-3-1-4-9-18)21-12-6-2-5-10-19(21)15-26-24-27-22(17-30-24)20-11-7-13-25-14-20/h1,3-4,7-9,11,13-14,17,19,21H,2,5-6,10,12,15-16H2,(H,26,27)/t19-,21?/m0/s1. The van der Waals surface area contributed by atoms with Crippen LogP contribution in [0, 0.1) is 11.8 Å². The van der Waals surface area contributed by atoms with Gasteiger partial charge in [0.25, 0.3) is 0 Å². The Labute approximate surface area is 181 Å². The molecule has 1 aromatic carbocycles. The summed E-state index contributed by atoms with van der Waals surface area (Å²) in [4.78, 5) is 21.7. The lowest BCUT2D eigenvalue weighted by Crippen LogP contribution is -2.30. The summed E-state index contributed by atoms with van der Waals surface area (Å²) in [5.41, 5.74) is 2.97. The molecule has 2 aromatic heterocycles. The van der Waals surface area contributed by atoms with Crippen LogP contribution in [0.25, 0.3) is 11.3 Å². The molecule has 1 aliphatic carbocycles. The van der Waals surface area contributed by atoms with Crippen molar-refractivity contribution in [3.05, 3.63) is 65.8 Å². The molecule has 30 heavy (non-hydrogen) atoms. The number of esters is 1. The fourth-order valence-corrected chi connectivity index (χ4v) is 4.72. The molecule has 0 saturated heterocycles. The number of ether oxygens (including phenoxy) is 1. The van der Waals surface area contributed by atoms with E-state index < -0.39 is 0 Å². The molecule has 0 amide bonds. The second-order valence-corrected chi connectivity index (χ2v) is 8.62. The number of hydrogen-bond acceptors (Lipinski definition) is 6. The van der Waals surface area contributed by atoms with Crippen molar-refractivity contribution < 1.29 is 9.53 Å². The fraction of sp³-hybridized carbons (Fsp3) is 0.375. The number of anilines is 1. The molecule has 1 unspecified atom stereocenters. The van der Waals surface area contributed by atoms with E-state index in [1.807, 2.05) is 54.0 Å². The zero-order chi connectivity index (χ0) is 20.6. The van der Waals surface area contributed by atoms with Crippen LogP contribution in [-0.4, -0.2) is 22.5 Å². The highest BCUT2D eigenvalue weighted by molar-refractivity contribution is 7.14. The first kappa shape index (κ1) is 20.5. The van der Waals surface area contributed by atoms with Gasteiger partial charge in [-0.05, 0) is 36.5 Å². The highest BCUT2D eigenvalue weighted by Crippen LogP contribution is 2.31. The maximum atomic E-state index is 12.9. The largest absolute Gasteiger partial charge is 0.461 e. The van der Waals surface area contributed by atoms with Gasteiger partial charge in [-0.3, -0.25) is 9.78 Å².